The summed E-state index contributed by atoms with van der Waals surface area (Å²) in [5, 5.41) is 16.2. The average Bonchev–Trinajstić information content (AvgIpc) is 3.52. The number of carbonyl (C=O) groups excluding carboxylic acids is 3. The summed E-state index contributed by atoms with van der Waals surface area (Å²) in [5.74, 6) is -2.30. The Morgan fingerprint density at radius 2 is 1.52 bits per heavy atom. The van der Waals surface area contributed by atoms with Gasteiger partial charge in [-0.25, -0.2) is 9.59 Å². The van der Waals surface area contributed by atoms with Crippen molar-refractivity contribution in [3.8, 4) is 11.1 Å². The van der Waals surface area contributed by atoms with Crippen LogP contribution >= 0.6 is 0 Å². The van der Waals surface area contributed by atoms with Crippen molar-refractivity contribution in [2.24, 2.45) is 0 Å². The molecule has 5 rings (SSSR count). The topological polar surface area (TPSA) is 134 Å². The third kappa shape index (κ3) is 6.45. The van der Waals surface area contributed by atoms with Crippen molar-refractivity contribution >= 4 is 29.6 Å². The lowest BCUT2D eigenvalue weighted by Crippen LogP contribution is -2.54. The Labute approximate surface area is 256 Å². The number of nitrogens with zero attached hydrogens (tertiary/aromatic N) is 1. The molecule has 2 amide bonds. The van der Waals surface area contributed by atoms with E-state index in [1.54, 1.807) is 45.0 Å². The van der Waals surface area contributed by atoms with Crippen molar-refractivity contribution in [1.29, 1.82) is 0 Å². The van der Waals surface area contributed by atoms with E-state index in [1.807, 2.05) is 48.5 Å². The molecular weight excluding hydrogens is 562 g/mol. The number of carboxylic acid groups (broad SMARTS) is 1. The van der Waals surface area contributed by atoms with E-state index in [1.165, 1.54) is 11.8 Å². The smallest absolute Gasteiger partial charge is 0.410 e. The summed E-state index contributed by atoms with van der Waals surface area (Å²) in [5.41, 5.74) is 3.13. The number of ether oxygens (including phenoxy) is 2. The van der Waals surface area contributed by atoms with Crippen LogP contribution in [0, 0.1) is 0 Å². The summed E-state index contributed by atoms with van der Waals surface area (Å²) in [6, 6.07) is 21.7. The molecule has 3 N–H and O–H groups in total. The maximum atomic E-state index is 13.7. The van der Waals surface area contributed by atoms with Gasteiger partial charge in [-0.2, -0.15) is 0 Å². The van der Waals surface area contributed by atoms with Crippen LogP contribution in [-0.2, 0) is 30.4 Å². The first kappa shape index (κ1) is 30.7. The minimum Gasteiger partial charge on any atom is -0.480 e. The predicted molar refractivity (Wildman–Crippen MR) is 164 cm³/mol. The third-order valence-corrected chi connectivity index (χ3v) is 7.92. The molecular formula is C34H37N3O7. The first-order chi connectivity index (χ1) is 20.9. The van der Waals surface area contributed by atoms with Crippen LogP contribution in [0.4, 0.5) is 10.5 Å². The molecule has 1 aliphatic carbocycles. The Morgan fingerprint density at radius 1 is 0.932 bits per heavy atom. The molecule has 2 aliphatic rings. The number of esters is 1. The fourth-order valence-electron chi connectivity index (χ4n) is 5.89. The van der Waals surface area contributed by atoms with Gasteiger partial charge in [-0.3, -0.25) is 19.8 Å². The Bertz CT molecular complexity index is 1530. The summed E-state index contributed by atoms with van der Waals surface area (Å²) >= 11 is 0. The monoisotopic (exact) mass is 599 g/mol. The molecule has 10 nitrogen and oxygen atoms in total. The zero-order valence-electron chi connectivity index (χ0n) is 25.3. The zero-order valence-corrected chi connectivity index (χ0v) is 25.3. The quantitative estimate of drug-likeness (QED) is 0.311. The molecule has 44 heavy (non-hydrogen) atoms. The number of rotatable bonds is 8. The Morgan fingerprint density at radius 3 is 2.07 bits per heavy atom. The lowest BCUT2D eigenvalue weighted by Gasteiger charge is -2.27. The molecule has 2 atom stereocenters. The molecule has 0 radical (unpaired) electrons. The SMILES string of the molecule is CC(=O)Nc1ccc(CNC2(C(=O)O)CC(C(=O)OC(C)(C)C)N(C(=O)OCC3c4ccccc4-c4ccccc43)C2)cc1. The molecule has 3 aromatic carbocycles. The van der Waals surface area contributed by atoms with Gasteiger partial charge in [0.05, 0.1) is 6.54 Å². The van der Waals surface area contributed by atoms with Crippen molar-refractivity contribution < 1.29 is 33.8 Å². The van der Waals surface area contributed by atoms with Crippen LogP contribution in [0.1, 0.15) is 56.7 Å². The molecule has 0 aromatic heterocycles. The van der Waals surface area contributed by atoms with Crippen molar-refractivity contribution in [1.82, 2.24) is 10.2 Å². The molecule has 1 fully saturated rings. The third-order valence-electron chi connectivity index (χ3n) is 7.92. The number of anilines is 1. The van der Waals surface area contributed by atoms with Crippen LogP contribution in [0.15, 0.2) is 72.8 Å². The maximum Gasteiger partial charge on any atom is 0.410 e. The van der Waals surface area contributed by atoms with E-state index in [9.17, 15) is 24.3 Å². The van der Waals surface area contributed by atoms with Gasteiger partial charge >= 0.3 is 18.0 Å². The normalized spacial score (nSPS) is 19.2. The van der Waals surface area contributed by atoms with Crippen LogP contribution in [-0.4, -0.2) is 64.3 Å². The molecule has 230 valence electrons. The van der Waals surface area contributed by atoms with Gasteiger partial charge in [-0.1, -0.05) is 60.7 Å². The highest BCUT2D eigenvalue weighted by Gasteiger charge is 2.55. The number of amides is 2. The molecule has 1 heterocycles. The zero-order chi connectivity index (χ0) is 31.6. The second kappa shape index (κ2) is 12.1. The lowest BCUT2D eigenvalue weighted by atomic mass is 9.95. The molecule has 0 spiro atoms. The van der Waals surface area contributed by atoms with Crippen LogP contribution in [0.5, 0.6) is 0 Å². The first-order valence-corrected chi connectivity index (χ1v) is 14.6. The summed E-state index contributed by atoms with van der Waals surface area (Å²) in [6.07, 6.45) is -0.988. The van der Waals surface area contributed by atoms with Gasteiger partial charge in [0.2, 0.25) is 5.91 Å². The summed E-state index contributed by atoms with van der Waals surface area (Å²) in [4.78, 5) is 52.2. The highest BCUT2D eigenvalue weighted by atomic mass is 16.6. The minimum atomic E-state index is -1.64. The number of carboxylic acids is 1. The number of hydrogen-bond donors (Lipinski definition) is 3. The number of benzene rings is 3. The van der Waals surface area contributed by atoms with E-state index in [4.69, 9.17) is 9.47 Å². The van der Waals surface area contributed by atoms with Gasteiger partial charge in [0.1, 0.15) is 23.8 Å². The van der Waals surface area contributed by atoms with Gasteiger partial charge in [0.25, 0.3) is 0 Å². The number of fused-ring (bicyclic) bond motifs is 3. The number of carbonyl (C=O) groups is 4. The minimum absolute atomic E-state index is 0.0263. The molecule has 2 unspecified atom stereocenters. The second-order valence-electron chi connectivity index (χ2n) is 12.3. The van der Waals surface area contributed by atoms with E-state index < -0.39 is 35.2 Å². The Balaban J connectivity index is 1.36. The molecule has 0 bridgehead atoms. The molecule has 1 aliphatic heterocycles. The Kier molecular flexibility index (Phi) is 8.47. The maximum absolute atomic E-state index is 13.7. The van der Waals surface area contributed by atoms with Gasteiger partial charge in [-0.05, 0) is 60.7 Å². The van der Waals surface area contributed by atoms with Crippen LogP contribution in [0.2, 0.25) is 0 Å². The van der Waals surface area contributed by atoms with Gasteiger partial charge in [-0.15, -0.1) is 0 Å². The fourth-order valence-corrected chi connectivity index (χ4v) is 5.89. The van der Waals surface area contributed by atoms with Gasteiger partial charge in [0.15, 0.2) is 0 Å². The lowest BCUT2D eigenvalue weighted by molar-refractivity contribution is -0.159. The van der Waals surface area contributed by atoms with Gasteiger partial charge < -0.3 is 19.9 Å². The Hall–Kier alpha value is -4.70. The van der Waals surface area contributed by atoms with Gasteiger partial charge in [0, 0.05) is 31.5 Å². The number of aliphatic carboxylic acids is 1. The van der Waals surface area contributed by atoms with E-state index in [0.717, 1.165) is 27.8 Å². The van der Waals surface area contributed by atoms with Crippen molar-refractivity contribution in [3.05, 3.63) is 89.5 Å². The van der Waals surface area contributed by atoms with Crippen LogP contribution in [0.25, 0.3) is 11.1 Å². The fraction of sp³-hybridized carbons (Fsp3) is 0.353. The highest BCUT2D eigenvalue weighted by molar-refractivity contribution is 5.89. The van der Waals surface area contributed by atoms with E-state index in [2.05, 4.69) is 10.6 Å². The summed E-state index contributed by atoms with van der Waals surface area (Å²) in [6.45, 7) is 6.42. The molecule has 0 saturated carbocycles. The average molecular weight is 600 g/mol. The standard InChI is InChI=1S/C34H37N3O7/c1-21(38)36-23-15-13-22(14-16-23)18-35-34(31(40)41)17-29(30(39)44-33(2,3)4)37(20-34)32(42)43-19-28-26-11-7-5-9-24(26)25-10-6-8-12-27(25)28/h5-16,28-29,35H,17-20H2,1-4H3,(H,36,38)(H,40,41). The predicted octanol–water partition coefficient (Wildman–Crippen LogP) is 4.92. The molecule has 10 heteroatoms. The molecule has 3 aromatic rings. The molecule has 1 saturated heterocycles. The van der Waals surface area contributed by atoms with Crippen LogP contribution < -0.4 is 10.6 Å². The largest absolute Gasteiger partial charge is 0.480 e. The summed E-state index contributed by atoms with van der Waals surface area (Å²) < 4.78 is 11.4. The van der Waals surface area contributed by atoms with Crippen LogP contribution in [0.3, 0.4) is 0 Å². The van der Waals surface area contributed by atoms with Crippen molar-refractivity contribution in [2.75, 3.05) is 18.5 Å². The summed E-state index contributed by atoms with van der Waals surface area (Å²) in [7, 11) is 0. The second-order valence-corrected chi connectivity index (χ2v) is 12.3. The number of hydrogen-bond acceptors (Lipinski definition) is 7. The number of nitrogens with one attached hydrogen (secondary N) is 2. The van der Waals surface area contributed by atoms with Crippen molar-refractivity contribution in [3.63, 3.8) is 0 Å². The first-order valence-electron chi connectivity index (χ1n) is 14.6. The van der Waals surface area contributed by atoms with Crippen molar-refractivity contribution in [2.45, 2.75) is 63.8 Å². The van der Waals surface area contributed by atoms with E-state index >= 15 is 0 Å². The highest BCUT2D eigenvalue weighted by Crippen LogP contribution is 2.44. The van der Waals surface area contributed by atoms with E-state index in [0.29, 0.717) is 5.69 Å². The van der Waals surface area contributed by atoms with E-state index in [-0.39, 0.29) is 37.9 Å². The number of likely N-dealkylation sites (tertiary alicyclic amines) is 1.